The maximum Gasteiger partial charge on any atom is 0.157 e. The Morgan fingerprint density at radius 2 is 1.27 bits per heavy atom. The molecule has 0 fully saturated rings. The molecular weight excluding hydrogens is 216 g/mol. The summed E-state index contributed by atoms with van der Waals surface area (Å²) in [6.07, 6.45) is 0. The zero-order valence-electron chi connectivity index (χ0n) is 7.28. The summed E-state index contributed by atoms with van der Waals surface area (Å²) in [4.78, 5) is 29.7. The van der Waals surface area contributed by atoms with Crippen molar-refractivity contribution in [1.82, 2.24) is 16.3 Å². The van der Waals surface area contributed by atoms with Crippen molar-refractivity contribution in [3.8, 4) is 0 Å². The molecule has 15 heavy (non-hydrogen) atoms. The number of nitrogens with zero attached hydrogens (tertiary/aromatic N) is 3. The van der Waals surface area contributed by atoms with E-state index in [-0.39, 0.29) is 0 Å². The Hall–Kier alpha value is -2.40. The Kier molecular flexibility index (Phi) is 5.14. The van der Waals surface area contributed by atoms with Gasteiger partial charge in [0.2, 0.25) is 0 Å². The molecule has 0 aromatic carbocycles. The number of nitrogens with one attached hydrogen (secondary N) is 3. The van der Waals surface area contributed by atoms with Crippen molar-refractivity contribution in [1.29, 1.82) is 0 Å². The van der Waals surface area contributed by atoms with Crippen LogP contribution < -0.4 is 16.3 Å². The van der Waals surface area contributed by atoms with Crippen LogP contribution in [0.25, 0.3) is 0 Å². The SMILES string of the molecule is O=[N+]([O-])NCC(CN[N+](=O)[O-])N[N+](=O)[O-]. The van der Waals surface area contributed by atoms with Crippen LogP contribution in [0.3, 0.4) is 0 Å². The third kappa shape index (κ3) is 7.94. The van der Waals surface area contributed by atoms with E-state index in [9.17, 15) is 30.3 Å². The first-order valence-corrected chi connectivity index (χ1v) is 3.58. The molecule has 0 aromatic rings. The van der Waals surface area contributed by atoms with Crippen LogP contribution in [0.5, 0.6) is 0 Å². The van der Waals surface area contributed by atoms with Gasteiger partial charge in [-0.25, -0.2) is 30.3 Å². The summed E-state index contributed by atoms with van der Waals surface area (Å²) < 4.78 is 0. The van der Waals surface area contributed by atoms with Gasteiger partial charge in [0.15, 0.2) is 15.1 Å². The molecule has 0 radical (unpaired) electrons. The van der Waals surface area contributed by atoms with Crippen molar-refractivity contribution >= 4 is 0 Å². The molecule has 0 bridgehead atoms. The van der Waals surface area contributed by atoms with E-state index < -0.39 is 34.2 Å². The molecule has 86 valence electrons. The normalized spacial score (nSPS) is 9.40. The van der Waals surface area contributed by atoms with Crippen molar-refractivity contribution in [3.05, 3.63) is 30.3 Å². The number of hydrazine groups is 3. The molecule has 0 heterocycles. The van der Waals surface area contributed by atoms with Crippen molar-refractivity contribution in [2.45, 2.75) is 6.04 Å². The van der Waals surface area contributed by atoms with E-state index in [0.717, 1.165) is 0 Å². The summed E-state index contributed by atoms with van der Waals surface area (Å²) >= 11 is 0. The van der Waals surface area contributed by atoms with Crippen LogP contribution in [-0.2, 0) is 0 Å². The molecule has 3 N–H and O–H groups in total. The van der Waals surface area contributed by atoms with Gasteiger partial charge in [0.1, 0.15) is 19.1 Å². The highest BCUT2D eigenvalue weighted by molar-refractivity contribution is 4.63. The van der Waals surface area contributed by atoms with Crippen molar-refractivity contribution < 1.29 is 15.1 Å². The van der Waals surface area contributed by atoms with Crippen LogP contribution in [0.4, 0.5) is 0 Å². The van der Waals surface area contributed by atoms with E-state index in [4.69, 9.17) is 0 Å². The van der Waals surface area contributed by atoms with Crippen LogP contribution >= 0.6 is 0 Å². The van der Waals surface area contributed by atoms with E-state index in [0.29, 0.717) is 0 Å². The van der Waals surface area contributed by atoms with Gasteiger partial charge in [-0.2, -0.15) is 0 Å². The molecule has 12 heteroatoms. The molecule has 0 aromatic heterocycles. The lowest BCUT2D eigenvalue weighted by atomic mass is 10.3. The summed E-state index contributed by atoms with van der Waals surface area (Å²) in [5.74, 6) is 0. The molecule has 0 rings (SSSR count). The molecule has 12 nitrogen and oxygen atoms in total. The fourth-order valence-corrected chi connectivity index (χ4v) is 0.682. The van der Waals surface area contributed by atoms with E-state index in [1.54, 1.807) is 16.3 Å². The van der Waals surface area contributed by atoms with Crippen LogP contribution in [-0.4, -0.2) is 34.2 Å². The van der Waals surface area contributed by atoms with Gasteiger partial charge in [-0.3, -0.25) is 0 Å². The van der Waals surface area contributed by atoms with Gasteiger partial charge in [-0.1, -0.05) is 0 Å². The van der Waals surface area contributed by atoms with Gasteiger partial charge in [-0.15, -0.1) is 16.3 Å². The van der Waals surface area contributed by atoms with E-state index in [1.807, 2.05) is 0 Å². The third-order valence-electron chi connectivity index (χ3n) is 1.22. The average Bonchev–Trinajstić information content (AvgIpc) is 2.08. The quantitative estimate of drug-likeness (QED) is 0.303. The van der Waals surface area contributed by atoms with Crippen molar-refractivity contribution in [3.63, 3.8) is 0 Å². The number of hydrogen-bond acceptors (Lipinski definition) is 6. The van der Waals surface area contributed by atoms with Gasteiger partial charge >= 0.3 is 0 Å². The molecule has 0 aliphatic heterocycles. The first kappa shape index (κ1) is 12.6. The van der Waals surface area contributed by atoms with Crippen molar-refractivity contribution in [2.75, 3.05) is 13.1 Å². The predicted molar refractivity (Wildman–Crippen MR) is 43.9 cm³/mol. The summed E-state index contributed by atoms with van der Waals surface area (Å²) in [5, 5.41) is 27.0. The van der Waals surface area contributed by atoms with Crippen LogP contribution in [0.2, 0.25) is 0 Å². The van der Waals surface area contributed by atoms with Gasteiger partial charge in [0.05, 0.1) is 0 Å². The Bertz CT molecular complexity index is 237. The van der Waals surface area contributed by atoms with Crippen LogP contribution in [0.1, 0.15) is 0 Å². The molecule has 0 spiro atoms. The van der Waals surface area contributed by atoms with Gasteiger partial charge < -0.3 is 0 Å². The average molecular weight is 224 g/mol. The highest BCUT2D eigenvalue weighted by Gasteiger charge is 2.17. The number of rotatable bonds is 8. The first-order chi connectivity index (χ1) is 6.91. The van der Waals surface area contributed by atoms with Crippen molar-refractivity contribution in [2.24, 2.45) is 0 Å². The molecule has 0 saturated carbocycles. The largest absolute Gasteiger partial charge is 0.235 e. The highest BCUT2D eigenvalue weighted by Crippen LogP contribution is 1.80. The molecule has 0 aliphatic carbocycles. The van der Waals surface area contributed by atoms with Gasteiger partial charge in [0.25, 0.3) is 0 Å². The van der Waals surface area contributed by atoms with E-state index >= 15 is 0 Å². The predicted octanol–water partition coefficient (Wildman–Crippen LogP) is -2.30. The minimum Gasteiger partial charge on any atom is -0.235 e. The Morgan fingerprint density at radius 1 is 0.867 bits per heavy atom. The van der Waals surface area contributed by atoms with E-state index in [2.05, 4.69) is 0 Å². The lowest BCUT2D eigenvalue weighted by molar-refractivity contribution is -0.571. The Balaban J connectivity index is 3.99. The molecule has 0 aliphatic rings. The Morgan fingerprint density at radius 3 is 1.53 bits per heavy atom. The molecule has 0 unspecified atom stereocenters. The van der Waals surface area contributed by atoms with Crippen LogP contribution in [0, 0.1) is 30.3 Å². The fourth-order valence-electron chi connectivity index (χ4n) is 0.682. The maximum atomic E-state index is 10.00. The maximum absolute atomic E-state index is 10.00. The highest BCUT2D eigenvalue weighted by atomic mass is 16.7. The lowest BCUT2D eigenvalue weighted by Crippen LogP contribution is -2.49. The standard InChI is InChI=1S/C3H8N6O6/c10-7(11)4-1-3(6-9(14)15)2-5-8(12)13/h3-6H,1-2H2. The molecular formula is C3H8N6O6. The number of nitro groups is 3. The van der Waals surface area contributed by atoms with Crippen LogP contribution in [0.15, 0.2) is 0 Å². The zero-order valence-corrected chi connectivity index (χ0v) is 7.28. The first-order valence-electron chi connectivity index (χ1n) is 3.58. The zero-order chi connectivity index (χ0) is 11.8. The second kappa shape index (κ2) is 6.11. The molecule has 0 atom stereocenters. The summed E-state index contributed by atoms with van der Waals surface area (Å²) in [5.41, 5.74) is 5.01. The molecule has 0 saturated heterocycles. The summed E-state index contributed by atoms with van der Waals surface area (Å²) in [7, 11) is 0. The molecule has 0 amide bonds. The summed E-state index contributed by atoms with van der Waals surface area (Å²) in [6.45, 7) is -0.844. The minimum absolute atomic E-state index is 0.422. The fraction of sp³-hybridized carbons (Fsp3) is 1.00. The summed E-state index contributed by atoms with van der Waals surface area (Å²) in [6, 6.07) is -1.07. The second-order valence-electron chi connectivity index (χ2n) is 2.32. The second-order valence-corrected chi connectivity index (χ2v) is 2.32. The third-order valence-corrected chi connectivity index (χ3v) is 1.22. The minimum atomic E-state index is -1.07. The lowest BCUT2D eigenvalue weighted by Gasteiger charge is -2.09. The number of hydrogen-bond donors (Lipinski definition) is 3. The smallest absolute Gasteiger partial charge is 0.157 e. The topological polar surface area (TPSA) is 166 Å². The van der Waals surface area contributed by atoms with E-state index in [1.165, 1.54) is 0 Å². The Labute approximate surface area is 82.0 Å². The van der Waals surface area contributed by atoms with Gasteiger partial charge in [-0.05, 0) is 0 Å². The monoisotopic (exact) mass is 224 g/mol. The van der Waals surface area contributed by atoms with Gasteiger partial charge in [0, 0.05) is 0 Å².